The molecule has 0 aliphatic carbocycles. The van der Waals surface area contributed by atoms with Gasteiger partial charge in [-0.1, -0.05) is 17.7 Å². The van der Waals surface area contributed by atoms with Crippen molar-refractivity contribution < 1.29 is 4.79 Å². The monoisotopic (exact) mass is 349 g/mol. The van der Waals surface area contributed by atoms with Gasteiger partial charge in [0.25, 0.3) is 5.91 Å². The van der Waals surface area contributed by atoms with Crippen molar-refractivity contribution >= 4 is 51.2 Å². The van der Waals surface area contributed by atoms with Gasteiger partial charge in [0.1, 0.15) is 11.1 Å². The maximum Gasteiger partial charge on any atom is 0.257 e. The van der Waals surface area contributed by atoms with E-state index in [0.717, 1.165) is 10.4 Å². The quantitative estimate of drug-likeness (QED) is 0.804. The zero-order valence-corrected chi connectivity index (χ0v) is 14.2. The summed E-state index contributed by atoms with van der Waals surface area (Å²) in [6.07, 6.45) is 0. The molecular weight excluding hydrogens is 338 g/mol. The first-order valence-electron chi connectivity index (χ1n) is 6.30. The summed E-state index contributed by atoms with van der Waals surface area (Å²) in [5, 5.41) is 15.9. The van der Waals surface area contributed by atoms with Crippen LogP contribution in [-0.4, -0.2) is 11.0 Å². The van der Waals surface area contributed by atoms with Crippen LogP contribution in [0.4, 0.5) is 5.00 Å². The van der Waals surface area contributed by atoms with Crippen LogP contribution < -0.4 is 10.6 Å². The molecule has 0 aliphatic heterocycles. The minimum absolute atomic E-state index is 0.141. The van der Waals surface area contributed by atoms with Crippen LogP contribution >= 0.6 is 35.2 Å². The number of benzene rings is 1. The maximum atomic E-state index is 12.1. The van der Waals surface area contributed by atoms with Gasteiger partial charge in [0.2, 0.25) is 0 Å². The first-order valence-corrected chi connectivity index (χ1v) is 7.90. The highest BCUT2D eigenvalue weighted by atomic mass is 35.5. The standard InChI is InChI=1S/C15H12ClN3OS2/c1-8-9(2)22-14(12(8)7-17)19-15(21)18-13(20)10-4-3-5-11(16)6-10/h3-6H,1-2H3,(H2,18,19,20,21). The van der Waals surface area contributed by atoms with Gasteiger partial charge in [-0.05, 0) is 49.8 Å². The van der Waals surface area contributed by atoms with E-state index in [1.54, 1.807) is 24.3 Å². The van der Waals surface area contributed by atoms with Crippen LogP contribution in [0.3, 0.4) is 0 Å². The van der Waals surface area contributed by atoms with Crippen molar-refractivity contribution in [2.75, 3.05) is 5.32 Å². The molecule has 22 heavy (non-hydrogen) atoms. The number of hydrogen-bond donors (Lipinski definition) is 2. The lowest BCUT2D eigenvalue weighted by molar-refractivity contribution is 0.0977. The van der Waals surface area contributed by atoms with Crippen LogP contribution in [0.5, 0.6) is 0 Å². The van der Waals surface area contributed by atoms with Crippen molar-refractivity contribution in [1.29, 1.82) is 5.26 Å². The van der Waals surface area contributed by atoms with Crippen molar-refractivity contribution in [3.05, 3.63) is 50.9 Å². The van der Waals surface area contributed by atoms with Crippen LogP contribution in [0.15, 0.2) is 24.3 Å². The lowest BCUT2D eigenvalue weighted by Crippen LogP contribution is -2.34. The Morgan fingerprint density at radius 2 is 2.14 bits per heavy atom. The molecule has 2 N–H and O–H groups in total. The molecule has 1 amide bonds. The van der Waals surface area contributed by atoms with Crippen molar-refractivity contribution in [1.82, 2.24) is 5.32 Å². The number of nitriles is 1. The van der Waals surface area contributed by atoms with Crippen LogP contribution in [0.25, 0.3) is 0 Å². The lowest BCUT2D eigenvalue weighted by Gasteiger charge is -2.08. The minimum atomic E-state index is -0.358. The lowest BCUT2D eigenvalue weighted by atomic mass is 10.2. The fraction of sp³-hybridized carbons (Fsp3) is 0.133. The topological polar surface area (TPSA) is 64.9 Å². The molecule has 0 aliphatic rings. The molecule has 7 heteroatoms. The second kappa shape index (κ2) is 6.88. The van der Waals surface area contributed by atoms with Gasteiger partial charge in [-0.15, -0.1) is 11.3 Å². The van der Waals surface area contributed by atoms with E-state index >= 15 is 0 Å². The fourth-order valence-electron chi connectivity index (χ4n) is 1.79. The van der Waals surface area contributed by atoms with Gasteiger partial charge >= 0.3 is 0 Å². The number of amides is 1. The zero-order valence-electron chi connectivity index (χ0n) is 11.9. The van der Waals surface area contributed by atoms with Gasteiger partial charge in [-0.2, -0.15) is 5.26 Å². The molecule has 0 spiro atoms. The summed E-state index contributed by atoms with van der Waals surface area (Å²) >= 11 is 12.4. The van der Waals surface area contributed by atoms with Crippen molar-refractivity contribution in [2.45, 2.75) is 13.8 Å². The summed E-state index contributed by atoms with van der Waals surface area (Å²) in [6, 6.07) is 8.71. The predicted octanol–water partition coefficient (Wildman–Crippen LogP) is 4.02. The highest BCUT2D eigenvalue weighted by molar-refractivity contribution is 7.80. The summed E-state index contributed by atoms with van der Waals surface area (Å²) in [5.74, 6) is -0.358. The van der Waals surface area contributed by atoms with Crippen LogP contribution in [0.2, 0.25) is 5.02 Å². The number of thiophene rings is 1. The minimum Gasteiger partial charge on any atom is -0.323 e. The van der Waals surface area contributed by atoms with E-state index in [-0.39, 0.29) is 11.0 Å². The van der Waals surface area contributed by atoms with E-state index < -0.39 is 0 Å². The first-order chi connectivity index (χ1) is 10.4. The first kappa shape index (κ1) is 16.4. The average Bonchev–Trinajstić information content (AvgIpc) is 2.73. The molecule has 0 atom stereocenters. The van der Waals surface area contributed by atoms with Crippen molar-refractivity contribution in [2.24, 2.45) is 0 Å². The van der Waals surface area contributed by atoms with Gasteiger partial charge in [-0.3, -0.25) is 10.1 Å². The summed E-state index contributed by atoms with van der Waals surface area (Å²) in [4.78, 5) is 13.1. The molecule has 2 aromatic rings. The Kier molecular flexibility index (Phi) is 5.14. The zero-order chi connectivity index (χ0) is 16.3. The molecular formula is C15H12ClN3OS2. The van der Waals surface area contributed by atoms with Gasteiger partial charge < -0.3 is 5.32 Å². The molecule has 112 valence electrons. The number of rotatable bonds is 2. The van der Waals surface area contributed by atoms with Crippen LogP contribution in [-0.2, 0) is 0 Å². The molecule has 1 heterocycles. The Labute approximate surface area is 142 Å². The number of carbonyl (C=O) groups excluding carboxylic acids is 1. The molecule has 0 saturated heterocycles. The highest BCUT2D eigenvalue weighted by Crippen LogP contribution is 2.31. The van der Waals surface area contributed by atoms with Crippen LogP contribution in [0, 0.1) is 25.2 Å². The van der Waals surface area contributed by atoms with E-state index in [1.165, 1.54) is 11.3 Å². The maximum absolute atomic E-state index is 12.1. The largest absolute Gasteiger partial charge is 0.323 e. The third kappa shape index (κ3) is 3.63. The molecule has 0 unspecified atom stereocenters. The number of nitrogens with zero attached hydrogens (tertiary/aromatic N) is 1. The molecule has 2 rings (SSSR count). The third-order valence-corrected chi connectivity index (χ3v) is 4.60. The molecule has 0 radical (unpaired) electrons. The number of carbonyl (C=O) groups is 1. The number of aryl methyl sites for hydroxylation is 1. The van der Waals surface area contributed by atoms with E-state index in [4.69, 9.17) is 23.8 Å². The Morgan fingerprint density at radius 1 is 1.41 bits per heavy atom. The second-order valence-electron chi connectivity index (χ2n) is 4.52. The van der Waals surface area contributed by atoms with Crippen molar-refractivity contribution in [3.63, 3.8) is 0 Å². The summed E-state index contributed by atoms with van der Waals surface area (Å²) < 4.78 is 0. The van der Waals surface area contributed by atoms with E-state index in [1.807, 2.05) is 13.8 Å². The number of nitrogens with one attached hydrogen (secondary N) is 2. The number of thiocarbonyl (C=S) groups is 1. The molecule has 1 aromatic carbocycles. The van der Waals surface area contributed by atoms with Gasteiger partial charge in [0.05, 0.1) is 5.56 Å². The summed E-state index contributed by atoms with van der Waals surface area (Å²) in [7, 11) is 0. The third-order valence-electron chi connectivity index (χ3n) is 3.04. The Balaban J connectivity index is 2.09. The highest BCUT2D eigenvalue weighted by Gasteiger charge is 2.14. The van der Waals surface area contributed by atoms with Crippen molar-refractivity contribution in [3.8, 4) is 6.07 Å². The summed E-state index contributed by atoms with van der Waals surface area (Å²) in [6.45, 7) is 3.81. The Morgan fingerprint density at radius 3 is 2.77 bits per heavy atom. The van der Waals surface area contributed by atoms with Gasteiger partial charge in [0, 0.05) is 15.5 Å². The Bertz CT molecular complexity index is 793. The van der Waals surface area contributed by atoms with Gasteiger partial charge in [0.15, 0.2) is 5.11 Å². The molecule has 0 fully saturated rings. The Hall–Kier alpha value is -1.94. The predicted molar refractivity (Wildman–Crippen MR) is 93.6 cm³/mol. The van der Waals surface area contributed by atoms with Crippen LogP contribution in [0.1, 0.15) is 26.4 Å². The molecule has 0 bridgehead atoms. The van der Waals surface area contributed by atoms with Gasteiger partial charge in [-0.25, -0.2) is 0 Å². The van der Waals surface area contributed by atoms with E-state index in [0.29, 0.717) is 21.2 Å². The van der Waals surface area contributed by atoms with E-state index in [9.17, 15) is 10.1 Å². The number of hydrogen-bond acceptors (Lipinski definition) is 4. The number of anilines is 1. The molecule has 1 aromatic heterocycles. The fourth-order valence-corrected chi connectivity index (χ4v) is 3.25. The molecule has 4 nitrogen and oxygen atoms in total. The number of halogens is 1. The SMILES string of the molecule is Cc1sc(NC(=S)NC(=O)c2cccc(Cl)c2)c(C#N)c1C. The summed E-state index contributed by atoms with van der Waals surface area (Å²) in [5.41, 5.74) is 1.87. The molecule has 0 saturated carbocycles. The van der Waals surface area contributed by atoms with E-state index in [2.05, 4.69) is 16.7 Å². The average molecular weight is 350 g/mol. The second-order valence-corrected chi connectivity index (χ2v) is 6.59. The smallest absolute Gasteiger partial charge is 0.257 e. The normalized spacial score (nSPS) is 9.91.